The van der Waals surface area contributed by atoms with E-state index < -0.39 is 0 Å². The lowest BCUT2D eigenvalue weighted by molar-refractivity contribution is 0.673. The Morgan fingerprint density at radius 1 is 1.24 bits per heavy atom. The molecule has 0 saturated carbocycles. The van der Waals surface area contributed by atoms with Gasteiger partial charge in [-0.25, -0.2) is 0 Å². The van der Waals surface area contributed by atoms with Crippen molar-refractivity contribution < 1.29 is 0 Å². The number of nitrogens with zero attached hydrogens (tertiary/aromatic N) is 2. The van der Waals surface area contributed by atoms with Crippen LogP contribution >= 0.6 is 0 Å². The molecule has 0 bridgehead atoms. The van der Waals surface area contributed by atoms with E-state index in [1.807, 2.05) is 17.8 Å². The number of aryl methyl sites for hydroxylation is 2. The fraction of sp³-hybridized carbons (Fsp3) is 0.357. The average Bonchev–Trinajstić information content (AvgIpc) is 2.76. The maximum Gasteiger partial charge on any atom is 0.0723 e. The summed E-state index contributed by atoms with van der Waals surface area (Å²) in [7, 11) is 1.92. The second-order valence-corrected chi connectivity index (χ2v) is 4.35. The molecule has 0 aliphatic carbocycles. The van der Waals surface area contributed by atoms with Gasteiger partial charge in [0.2, 0.25) is 0 Å². The Kier molecular flexibility index (Phi) is 3.59. The number of nitrogens with two attached hydrogens (primary N) is 1. The first-order valence-electron chi connectivity index (χ1n) is 6.04. The van der Waals surface area contributed by atoms with Crippen LogP contribution in [0.4, 0.5) is 0 Å². The molecule has 2 N–H and O–H groups in total. The maximum atomic E-state index is 6.22. The minimum absolute atomic E-state index is 0.0989. The Labute approximate surface area is 102 Å². The predicted octanol–water partition coefficient (Wildman–Crippen LogP) is 2.42. The van der Waals surface area contributed by atoms with Crippen LogP contribution in [-0.4, -0.2) is 9.78 Å². The van der Waals surface area contributed by atoms with Gasteiger partial charge in [0.05, 0.1) is 11.7 Å². The minimum atomic E-state index is -0.0989. The molecule has 0 spiro atoms. The fourth-order valence-electron chi connectivity index (χ4n) is 2.04. The highest BCUT2D eigenvalue weighted by Gasteiger charge is 2.11. The van der Waals surface area contributed by atoms with Crippen molar-refractivity contribution in [2.24, 2.45) is 12.8 Å². The maximum absolute atomic E-state index is 6.22. The predicted molar refractivity (Wildman–Crippen MR) is 69.7 cm³/mol. The summed E-state index contributed by atoms with van der Waals surface area (Å²) in [6.45, 7) is 2.19. The van der Waals surface area contributed by atoms with Crippen molar-refractivity contribution in [1.82, 2.24) is 9.78 Å². The second-order valence-electron chi connectivity index (χ2n) is 4.35. The molecule has 0 amide bonds. The van der Waals surface area contributed by atoms with E-state index in [1.54, 1.807) is 6.20 Å². The van der Waals surface area contributed by atoms with Crippen molar-refractivity contribution in [2.45, 2.75) is 25.8 Å². The van der Waals surface area contributed by atoms with E-state index in [4.69, 9.17) is 5.73 Å². The van der Waals surface area contributed by atoms with Crippen molar-refractivity contribution in [3.63, 3.8) is 0 Å². The normalized spacial score (nSPS) is 12.6. The number of aromatic nitrogens is 2. The van der Waals surface area contributed by atoms with Crippen molar-refractivity contribution in [3.05, 3.63) is 53.3 Å². The molecule has 3 nitrogen and oxygen atoms in total. The number of benzene rings is 1. The summed E-state index contributed by atoms with van der Waals surface area (Å²) in [4.78, 5) is 0. The van der Waals surface area contributed by atoms with Crippen LogP contribution in [-0.2, 0) is 13.5 Å². The molecule has 0 fully saturated rings. The Hall–Kier alpha value is -1.61. The van der Waals surface area contributed by atoms with Gasteiger partial charge in [-0.05, 0) is 23.6 Å². The van der Waals surface area contributed by atoms with Gasteiger partial charge in [-0.2, -0.15) is 5.10 Å². The van der Waals surface area contributed by atoms with Crippen LogP contribution < -0.4 is 5.73 Å². The quantitative estimate of drug-likeness (QED) is 0.875. The Balaban J connectivity index is 2.20. The zero-order valence-electron chi connectivity index (χ0n) is 10.4. The van der Waals surface area contributed by atoms with E-state index in [1.165, 1.54) is 12.0 Å². The largest absolute Gasteiger partial charge is 0.319 e. The van der Waals surface area contributed by atoms with Crippen molar-refractivity contribution >= 4 is 0 Å². The first kappa shape index (κ1) is 11.9. The number of hydrogen-bond donors (Lipinski definition) is 1. The zero-order chi connectivity index (χ0) is 12.3. The van der Waals surface area contributed by atoms with E-state index in [9.17, 15) is 0 Å². The van der Waals surface area contributed by atoms with E-state index in [-0.39, 0.29) is 6.04 Å². The summed E-state index contributed by atoms with van der Waals surface area (Å²) in [5.74, 6) is 0. The standard InChI is InChI=1S/C14H19N3/c1-3-4-11-5-7-12(8-6-11)14(15)13-9-10-16-17(13)2/h5-10,14H,3-4,15H2,1-2H3. The smallest absolute Gasteiger partial charge is 0.0723 e. The second kappa shape index (κ2) is 5.15. The van der Waals surface area contributed by atoms with E-state index in [0.29, 0.717) is 0 Å². The van der Waals surface area contributed by atoms with Crippen LogP contribution in [0.2, 0.25) is 0 Å². The summed E-state index contributed by atoms with van der Waals surface area (Å²) in [6.07, 6.45) is 4.08. The lowest BCUT2D eigenvalue weighted by Crippen LogP contribution is -2.15. The highest BCUT2D eigenvalue weighted by atomic mass is 15.3. The summed E-state index contributed by atoms with van der Waals surface area (Å²) >= 11 is 0. The molecule has 3 heteroatoms. The van der Waals surface area contributed by atoms with E-state index >= 15 is 0 Å². The third kappa shape index (κ3) is 2.56. The molecular formula is C14H19N3. The molecule has 0 radical (unpaired) electrons. The van der Waals surface area contributed by atoms with Crippen LogP contribution in [0.25, 0.3) is 0 Å². The van der Waals surface area contributed by atoms with Gasteiger partial charge in [-0.3, -0.25) is 4.68 Å². The number of hydrogen-bond acceptors (Lipinski definition) is 2. The van der Waals surface area contributed by atoms with Crippen LogP contribution in [0.3, 0.4) is 0 Å². The van der Waals surface area contributed by atoms with E-state index in [0.717, 1.165) is 17.7 Å². The molecule has 2 aromatic rings. The van der Waals surface area contributed by atoms with Crippen LogP contribution in [0.15, 0.2) is 36.5 Å². The van der Waals surface area contributed by atoms with Gasteiger partial charge in [0, 0.05) is 13.2 Å². The molecule has 1 aromatic carbocycles. The lowest BCUT2D eigenvalue weighted by atomic mass is 10.0. The van der Waals surface area contributed by atoms with Gasteiger partial charge in [0.1, 0.15) is 0 Å². The molecule has 17 heavy (non-hydrogen) atoms. The van der Waals surface area contributed by atoms with Gasteiger partial charge in [-0.15, -0.1) is 0 Å². The minimum Gasteiger partial charge on any atom is -0.319 e. The Morgan fingerprint density at radius 2 is 1.94 bits per heavy atom. The Morgan fingerprint density at radius 3 is 2.47 bits per heavy atom. The monoisotopic (exact) mass is 229 g/mol. The van der Waals surface area contributed by atoms with Gasteiger partial charge in [0.15, 0.2) is 0 Å². The molecular weight excluding hydrogens is 210 g/mol. The molecule has 1 atom stereocenters. The highest BCUT2D eigenvalue weighted by Crippen LogP contribution is 2.19. The first-order valence-corrected chi connectivity index (χ1v) is 6.04. The van der Waals surface area contributed by atoms with Gasteiger partial charge in [0.25, 0.3) is 0 Å². The SMILES string of the molecule is CCCc1ccc(C(N)c2ccnn2C)cc1. The molecule has 1 heterocycles. The third-order valence-electron chi connectivity index (χ3n) is 3.05. The van der Waals surface area contributed by atoms with Gasteiger partial charge < -0.3 is 5.73 Å². The molecule has 0 aliphatic heterocycles. The van der Waals surface area contributed by atoms with Crippen molar-refractivity contribution in [2.75, 3.05) is 0 Å². The van der Waals surface area contributed by atoms with Crippen LogP contribution in [0.5, 0.6) is 0 Å². The summed E-state index contributed by atoms with van der Waals surface area (Å²) in [5.41, 5.74) is 9.76. The Bertz CT molecular complexity index is 470. The third-order valence-corrected chi connectivity index (χ3v) is 3.05. The van der Waals surface area contributed by atoms with Gasteiger partial charge >= 0.3 is 0 Å². The molecule has 90 valence electrons. The zero-order valence-corrected chi connectivity index (χ0v) is 10.4. The fourth-order valence-corrected chi connectivity index (χ4v) is 2.04. The lowest BCUT2D eigenvalue weighted by Gasteiger charge is -2.13. The topological polar surface area (TPSA) is 43.8 Å². The molecule has 1 unspecified atom stereocenters. The average molecular weight is 229 g/mol. The number of rotatable bonds is 4. The molecule has 1 aromatic heterocycles. The highest BCUT2D eigenvalue weighted by molar-refractivity contribution is 5.30. The van der Waals surface area contributed by atoms with Crippen LogP contribution in [0, 0.1) is 0 Å². The summed E-state index contributed by atoms with van der Waals surface area (Å²) in [5, 5.41) is 4.15. The molecule has 0 aliphatic rings. The molecule has 2 rings (SSSR count). The summed E-state index contributed by atoms with van der Waals surface area (Å²) in [6, 6.07) is 10.4. The first-order chi connectivity index (χ1) is 8.22. The summed E-state index contributed by atoms with van der Waals surface area (Å²) < 4.78 is 1.82. The van der Waals surface area contributed by atoms with Crippen molar-refractivity contribution in [3.8, 4) is 0 Å². The molecule has 0 saturated heterocycles. The van der Waals surface area contributed by atoms with E-state index in [2.05, 4.69) is 36.3 Å². The van der Waals surface area contributed by atoms with Crippen LogP contribution in [0.1, 0.15) is 36.2 Å². The van der Waals surface area contributed by atoms with Gasteiger partial charge in [-0.1, -0.05) is 37.6 Å². The van der Waals surface area contributed by atoms with Crippen molar-refractivity contribution in [1.29, 1.82) is 0 Å².